The minimum Gasteiger partial charge on any atom is -0.388 e. The first-order valence-corrected chi connectivity index (χ1v) is 8.97. The number of aromatic nitrogens is 1. The van der Waals surface area contributed by atoms with Crippen molar-refractivity contribution in [1.82, 2.24) is 9.29 Å². The average molecular weight is 351 g/mol. The molecule has 0 saturated carbocycles. The van der Waals surface area contributed by atoms with E-state index in [-0.39, 0.29) is 0 Å². The van der Waals surface area contributed by atoms with Gasteiger partial charge in [-0.3, -0.25) is 0 Å². The molecule has 23 heavy (non-hydrogen) atoms. The lowest BCUT2D eigenvalue weighted by Crippen LogP contribution is -2.47. The van der Waals surface area contributed by atoms with Crippen molar-refractivity contribution in [1.29, 1.82) is 0 Å². The summed E-state index contributed by atoms with van der Waals surface area (Å²) in [5.74, 6) is 0.915. The summed E-state index contributed by atoms with van der Waals surface area (Å²) in [6.45, 7) is 3.08. The van der Waals surface area contributed by atoms with Crippen LogP contribution in [0.5, 0.6) is 0 Å². The summed E-state index contributed by atoms with van der Waals surface area (Å²) < 4.78 is 14.7. The summed E-state index contributed by atoms with van der Waals surface area (Å²) in [6, 6.07) is 11.5. The molecule has 1 fully saturated rings. The molecule has 1 aromatic heterocycles. The van der Waals surface area contributed by atoms with Gasteiger partial charge in [-0.2, -0.15) is 0 Å². The van der Waals surface area contributed by atoms with Crippen LogP contribution in [0, 0.1) is 0 Å². The first kappa shape index (κ1) is 16.2. The van der Waals surface area contributed by atoms with Crippen LogP contribution in [0.2, 0.25) is 5.02 Å². The van der Waals surface area contributed by atoms with Crippen LogP contribution in [0.1, 0.15) is 0 Å². The molecule has 122 valence electrons. The Labute approximate surface area is 143 Å². The molecule has 1 saturated heterocycles. The van der Waals surface area contributed by atoms with Gasteiger partial charge in [0, 0.05) is 45.1 Å². The zero-order valence-corrected chi connectivity index (χ0v) is 14.5. The predicted molar refractivity (Wildman–Crippen MR) is 95.4 cm³/mol. The lowest BCUT2D eigenvalue weighted by Gasteiger charge is -2.34. The molecule has 1 aromatic carbocycles. The van der Waals surface area contributed by atoms with Crippen molar-refractivity contribution < 1.29 is 4.21 Å². The standard InChI is InChI=1S/C16H19ClN4OS/c1-18-14-3-5-15(6-4-14)23(22)21-10-8-20(9-11-21)16-7-2-13(17)12-19-16/h2-7,12,18H,8-11H2,1H3. The fourth-order valence-corrected chi connectivity index (χ4v) is 3.80. The first-order chi connectivity index (χ1) is 11.2. The molecule has 1 atom stereocenters. The maximum Gasteiger partial charge on any atom is 0.128 e. The van der Waals surface area contributed by atoms with Crippen LogP contribution in [-0.2, 0) is 11.0 Å². The van der Waals surface area contributed by atoms with Gasteiger partial charge in [0.2, 0.25) is 0 Å². The van der Waals surface area contributed by atoms with Crippen LogP contribution in [-0.4, -0.2) is 46.7 Å². The Balaban J connectivity index is 1.61. The number of anilines is 2. The second-order valence-corrected chi connectivity index (χ2v) is 7.20. The van der Waals surface area contributed by atoms with E-state index in [1.54, 1.807) is 6.20 Å². The fraction of sp³-hybridized carbons (Fsp3) is 0.312. The second-order valence-electron chi connectivity index (χ2n) is 5.27. The normalized spacial score (nSPS) is 17.0. The maximum absolute atomic E-state index is 12.7. The number of hydrogen-bond acceptors (Lipinski definition) is 4. The molecule has 0 radical (unpaired) electrons. The molecule has 0 aliphatic carbocycles. The number of benzene rings is 1. The third kappa shape index (κ3) is 3.83. The predicted octanol–water partition coefficient (Wildman–Crippen LogP) is 2.62. The molecule has 1 aliphatic rings. The van der Waals surface area contributed by atoms with Crippen molar-refractivity contribution in [2.75, 3.05) is 43.4 Å². The average Bonchev–Trinajstić information content (AvgIpc) is 2.62. The number of halogens is 1. The molecule has 2 aromatic rings. The molecule has 2 heterocycles. The number of hydrogen-bond donors (Lipinski definition) is 1. The largest absolute Gasteiger partial charge is 0.388 e. The van der Waals surface area contributed by atoms with Gasteiger partial charge in [-0.25, -0.2) is 13.5 Å². The van der Waals surface area contributed by atoms with Crippen LogP contribution >= 0.6 is 11.6 Å². The highest BCUT2D eigenvalue weighted by Crippen LogP contribution is 2.19. The van der Waals surface area contributed by atoms with Crippen LogP contribution < -0.4 is 10.2 Å². The Morgan fingerprint density at radius 3 is 2.35 bits per heavy atom. The van der Waals surface area contributed by atoms with E-state index in [0.29, 0.717) is 5.02 Å². The molecule has 1 unspecified atom stereocenters. The number of nitrogens with one attached hydrogen (secondary N) is 1. The zero-order chi connectivity index (χ0) is 16.2. The topological polar surface area (TPSA) is 48.5 Å². The first-order valence-electron chi connectivity index (χ1n) is 7.48. The van der Waals surface area contributed by atoms with Gasteiger partial charge in [-0.15, -0.1) is 0 Å². The molecule has 1 aliphatic heterocycles. The van der Waals surface area contributed by atoms with E-state index in [0.717, 1.165) is 42.6 Å². The van der Waals surface area contributed by atoms with Crippen molar-refractivity contribution in [2.24, 2.45) is 0 Å². The Bertz CT molecular complexity index is 669. The summed E-state index contributed by atoms with van der Waals surface area (Å²) in [5, 5.41) is 3.70. The number of pyridine rings is 1. The highest BCUT2D eigenvalue weighted by molar-refractivity contribution is 7.82. The smallest absolute Gasteiger partial charge is 0.128 e. The second kappa shape index (κ2) is 7.29. The molecule has 1 N–H and O–H groups in total. The summed E-state index contributed by atoms with van der Waals surface area (Å²) in [4.78, 5) is 7.37. The van der Waals surface area contributed by atoms with E-state index in [9.17, 15) is 4.21 Å². The molecule has 5 nitrogen and oxygen atoms in total. The van der Waals surface area contributed by atoms with Gasteiger partial charge in [-0.05, 0) is 36.4 Å². The number of piperazine rings is 1. The van der Waals surface area contributed by atoms with Gasteiger partial charge in [-0.1, -0.05) is 11.6 Å². The van der Waals surface area contributed by atoms with E-state index >= 15 is 0 Å². The molecule has 0 bridgehead atoms. The lowest BCUT2D eigenvalue weighted by molar-refractivity contribution is 0.409. The number of rotatable bonds is 4. The van der Waals surface area contributed by atoms with E-state index in [1.807, 2.05) is 47.8 Å². The summed E-state index contributed by atoms with van der Waals surface area (Å²) in [6.07, 6.45) is 1.66. The van der Waals surface area contributed by atoms with Crippen molar-refractivity contribution in [3.8, 4) is 0 Å². The fourth-order valence-electron chi connectivity index (χ4n) is 2.53. The summed E-state index contributed by atoms with van der Waals surface area (Å²) in [7, 11) is 0.753. The van der Waals surface area contributed by atoms with Gasteiger partial charge in [0.05, 0.1) is 9.92 Å². The van der Waals surface area contributed by atoms with E-state index in [2.05, 4.69) is 15.2 Å². The molecule has 3 rings (SSSR count). The maximum atomic E-state index is 12.7. The SMILES string of the molecule is CNc1ccc(S(=O)N2CCN(c3ccc(Cl)cn3)CC2)cc1. The van der Waals surface area contributed by atoms with Gasteiger partial charge in [0.1, 0.15) is 16.8 Å². The van der Waals surface area contributed by atoms with Crippen LogP contribution in [0.4, 0.5) is 11.5 Å². The van der Waals surface area contributed by atoms with Crippen molar-refractivity contribution in [2.45, 2.75) is 4.90 Å². The highest BCUT2D eigenvalue weighted by Gasteiger charge is 2.22. The van der Waals surface area contributed by atoms with Crippen LogP contribution in [0.3, 0.4) is 0 Å². The van der Waals surface area contributed by atoms with Gasteiger partial charge in [0.15, 0.2) is 0 Å². The molecule has 7 heteroatoms. The van der Waals surface area contributed by atoms with Gasteiger partial charge in [0.25, 0.3) is 0 Å². The molecular weight excluding hydrogens is 332 g/mol. The Hall–Kier alpha value is -1.63. The number of nitrogens with zero attached hydrogens (tertiary/aromatic N) is 3. The Morgan fingerprint density at radius 2 is 1.78 bits per heavy atom. The van der Waals surface area contributed by atoms with Gasteiger partial charge < -0.3 is 10.2 Å². The molecule has 0 amide bonds. The minimum absolute atomic E-state index is 0.638. The van der Waals surface area contributed by atoms with Crippen LogP contribution in [0.15, 0.2) is 47.5 Å². The third-order valence-corrected chi connectivity index (χ3v) is 5.59. The van der Waals surface area contributed by atoms with Crippen LogP contribution in [0.25, 0.3) is 0 Å². The van der Waals surface area contributed by atoms with E-state index in [4.69, 9.17) is 11.6 Å². The zero-order valence-electron chi connectivity index (χ0n) is 12.9. The minimum atomic E-state index is -1.12. The lowest BCUT2D eigenvalue weighted by atomic mass is 10.3. The monoisotopic (exact) mass is 350 g/mol. The van der Waals surface area contributed by atoms with Crippen molar-refractivity contribution in [3.63, 3.8) is 0 Å². The molecular formula is C16H19ClN4OS. The molecule has 0 spiro atoms. The Morgan fingerprint density at radius 1 is 1.09 bits per heavy atom. The van der Waals surface area contributed by atoms with Crippen molar-refractivity contribution in [3.05, 3.63) is 47.6 Å². The van der Waals surface area contributed by atoms with Gasteiger partial charge >= 0.3 is 0 Å². The third-order valence-electron chi connectivity index (χ3n) is 3.85. The highest BCUT2D eigenvalue weighted by atomic mass is 35.5. The quantitative estimate of drug-likeness (QED) is 0.920. The van der Waals surface area contributed by atoms with Crippen molar-refractivity contribution >= 4 is 34.1 Å². The Kier molecular flexibility index (Phi) is 5.15. The summed E-state index contributed by atoms with van der Waals surface area (Å²) in [5.41, 5.74) is 1.02. The van der Waals surface area contributed by atoms with E-state index < -0.39 is 11.0 Å². The van der Waals surface area contributed by atoms with E-state index in [1.165, 1.54) is 0 Å². The summed E-state index contributed by atoms with van der Waals surface area (Å²) >= 11 is 5.87.